The molecule has 2 aromatic carbocycles. The largest absolute Gasteiger partial charge is 0.341 e. The van der Waals surface area contributed by atoms with E-state index in [9.17, 15) is 9.18 Å². The lowest BCUT2D eigenvalue weighted by Crippen LogP contribution is -2.33. The standard InChI is InChI=1S/C20H21FN2O.CH4S/c21-18-8-4-7-15(13-5-2-1-3-6-13)19(18)16-11-17(16)20(24)23-10-9-14(22)12-23;1-2/h1-8,14,16-17H,9-12,22H2;2H,1H3. The van der Waals surface area contributed by atoms with Crippen LogP contribution in [0.25, 0.3) is 11.1 Å². The molecule has 0 spiro atoms. The van der Waals surface area contributed by atoms with Crippen LogP contribution in [0, 0.1) is 11.7 Å². The summed E-state index contributed by atoms with van der Waals surface area (Å²) >= 11 is 3.53. The minimum absolute atomic E-state index is 0.0225. The molecule has 2 fully saturated rings. The first kappa shape index (κ1) is 18.9. The molecule has 0 bridgehead atoms. The van der Waals surface area contributed by atoms with E-state index in [1.807, 2.05) is 41.3 Å². The van der Waals surface area contributed by atoms with E-state index in [4.69, 9.17) is 5.73 Å². The number of halogens is 1. The highest BCUT2D eigenvalue weighted by molar-refractivity contribution is 7.79. The molecule has 138 valence electrons. The third-order valence-corrected chi connectivity index (χ3v) is 5.15. The van der Waals surface area contributed by atoms with Crippen LogP contribution < -0.4 is 5.73 Å². The fourth-order valence-corrected chi connectivity index (χ4v) is 3.79. The molecule has 1 saturated heterocycles. The Morgan fingerprint density at radius 1 is 1.15 bits per heavy atom. The molecule has 1 saturated carbocycles. The van der Waals surface area contributed by atoms with Gasteiger partial charge in [-0.05, 0) is 47.8 Å². The normalized spacial score (nSPS) is 24.0. The Hall–Kier alpha value is -1.85. The number of hydrogen-bond acceptors (Lipinski definition) is 3. The lowest BCUT2D eigenvalue weighted by Gasteiger charge is -2.16. The minimum atomic E-state index is -0.213. The van der Waals surface area contributed by atoms with Crippen LogP contribution in [0.15, 0.2) is 48.5 Å². The fourth-order valence-electron chi connectivity index (χ4n) is 3.79. The summed E-state index contributed by atoms with van der Waals surface area (Å²) in [5.74, 6) is -0.203. The van der Waals surface area contributed by atoms with E-state index in [-0.39, 0.29) is 29.6 Å². The van der Waals surface area contributed by atoms with Crippen LogP contribution in [0.5, 0.6) is 0 Å². The van der Waals surface area contributed by atoms with Crippen LogP contribution in [0.3, 0.4) is 0 Å². The van der Waals surface area contributed by atoms with Gasteiger partial charge in [-0.25, -0.2) is 4.39 Å². The second kappa shape index (κ2) is 8.23. The summed E-state index contributed by atoms with van der Waals surface area (Å²) < 4.78 is 14.6. The zero-order chi connectivity index (χ0) is 18.7. The van der Waals surface area contributed by atoms with Gasteiger partial charge >= 0.3 is 0 Å². The fraction of sp³-hybridized carbons (Fsp3) is 0.381. The Labute approximate surface area is 159 Å². The molecule has 3 nitrogen and oxygen atoms in total. The van der Waals surface area contributed by atoms with Gasteiger partial charge in [0, 0.05) is 25.0 Å². The first-order valence-corrected chi connectivity index (χ1v) is 9.87. The van der Waals surface area contributed by atoms with Crippen molar-refractivity contribution in [1.29, 1.82) is 0 Å². The van der Waals surface area contributed by atoms with Crippen molar-refractivity contribution >= 4 is 18.5 Å². The lowest BCUT2D eigenvalue weighted by atomic mass is 9.95. The Morgan fingerprint density at radius 3 is 2.54 bits per heavy atom. The zero-order valence-corrected chi connectivity index (χ0v) is 15.8. The highest BCUT2D eigenvalue weighted by atomic mass is 32.1. The maximum atomic E-state index is 14.6. The van der Waals surface area contributed by atoms with Gasteiger partial charge < -0.3 is 10.6 Å². The summed E-state index contributed by atoms with van der Waals surface area (Å²) in [5, 5.41) is 0. The van der Waals surface area contributed by atoms with Gasteiger partial charge in [0.25, 0.3) is 0 Å². The molecule has 1 heterocycles. The second-order valence-corrected chi connectivity index (χ2v) is 6.85. The lowest BCUT2D eigenvalue weighted by molar-refractivity contribution is -0.131. The average molecular weight is 373 g/mol. The van der Waals surface area contributed by atoms with Gasteiger partial charge in [0.2, 0.25) is 5.91 Å². The highest BCUT2D eigenvalue weighted by Gasteiger charge is 2.48. The van der Waals surface area contributed by atoms with E-state index >= 15 is 0 Å². The minimum Gasteiger partial charge on any atom is -0.341 e. The number of nitrogens with two attached hydrogens (primary N) is 1. The van der Waals surface area contributed by atoms with Crippen molar-refractivity contribution < 1.29 is 9.18 Å². The van der Waals surface area contributed by atoms with Crippen molar-refractivity contribution in [2.45, 2.75) is 24.8 Å². The van der Waals surface area contributed by atoms with Crippen LogP contribution >= 0.6 is 12.6 Å². The number of hydrogen-bond donors (Lipinski definition) is 2. The number of benzene rings is 2. The molecule has 0 aromatic heterocycles. The Kier molecular flexibility index (Phi) is 5.99. The Balaban J connectivity index is 0.000000948. The number of carbonyl (C=O) groups excluding carboxylic acids is 1. The third-order valence-electron chi connectivity index (χ3n) is 5.15. The molecule has 3 atom stereocenters. The van der Waals surface area contributed by atoms with E-state index in [0.29, 0.717) is 12.1 Å². The predicted octanol–water partition coefficient (Wildman–Crippen LogP) is 3.70. The van der Waals surface area contributed by atoms with Gasteiger partial charge in [-0.3, -0.25) is 4.79 Å². The summed E-state index contributed by atoms with van der Waals surface area (Å²) in [6.45, 7) is 1.36. The van der Waals surface area contributed by atoms with Crippen LogP contribution in [0.2, 0.25) is 0 Å². The number of thiol groups is 1. The van der Waals surface area contributed by atoms with Crippen molar-refractivity contribution in [3.63, 3.8) is 0 Å². The summed E-state index contributed by atoms with van der Waals surface area (Å²) in [6, 6.07) is 15.1. The van der Waals surface area contributed by atoms with Crippen molar-refractivity contribution in [3.8, 4) is 11.1 Å². The van der Waals surface area contributed by atoms with Crippen LogP contribution in [-0.4, -0.2) is 36.2 Å². The maximum absolute atomic E-state index is 14.6. The number of carbonyl (C=O) groups is 1. The smallest absolute Gasteiger partial charge is 0.226 e. The summed E-state index contributed by atoms with van der Waals surface area (Å²) in [6.07, 6.45) is 3.28. The van der Waals surface area contributed by atoms with Crippen molar-refractivity contribution in [2.75, 3.05) is 19.3 Å². The van der Waals surface area contributed by atoms with Crippen LogP contribution in [0.1, 0.15) is 24.3 Å². The number of nitrogens with zero attached hydrogens (tertiary/aromatic N) is 1. The van der Waals surface area contributed by atoms with E-state index in [1.54, 1.807) is 12.3 Å². The Morgan fingerprint density at radius 2 is 1.88 bits per heavy atom. The quantitative estimate of drug-likeness (QED) is 0.807. The summed E-state index contributed by atoms with van der Waals surface area (Å²) in [5.41, 5.74) is 8.48. The molecular weight excluding hydrogens is 347 g/mol. The Bertz CT molecular complexity index is 768. The number of rotatable bonds is 3. The van der Waals surface area contributed by atoms with Crippen molar-refractivity contribution in [3.05, 3.63) is 59.9 Å². The molecule has 2 N–H and O–H groups in total. The molecular formula is C21H25FN2OS. The van der Waals surface area contributed by atoms with Gasteiger partial charge in [-0.2, -0.15) is 12.6 Å². The summed E-state index contributed by atoms with van der Waals surface area (Å²) in [4.78, 5) is 14.5. The monoisotopic (exact) mass is 372 g/mol. The molecule has 2 aromatic rings. The van der Waals surface area contributed by atoms with E-state index in [2.05, 4.69) is 12.6 Å². The van der Waals surface area contributed by atoms with Gasteiger partial charge in [0.05, 0.1) is 0 Å². The molecule has 4 rings (SSSR count). The van der Waals surface area contributed by atoms with Crippen molar-refractivity contribution in [2.24, 2.45) is 11.7 Å². The molecule has 2 aliphatic rings. The molecule has 1 aliphatic carbocycles. The van der Waals surface area contributed by atoms with Gasteiger partial charge in [0.1, 0.15) is 5.82 Å². The van der Waals surface area contributed by atoms with E-state index in [1.165, 1.54) is 6.07 Å². The zero-order valence-electron chi connectivity index (χ0n) is 14.9. The second-order valence-electron chi connectivity index (χ2n) is 6.85. The van der Waals surface area contributed by atoms with Gasteiger partial charge in [0.15, 0.2) is 0 Å². The summed E-state index contributed by atoms with van der Waals surface area (Å²) in [7, 11) is 0. The van der Waals surface area contributed by atoms with E-state index < -0.39 is 0 Å². The highest BCUT2D eigenvalue weighted by Crippen LogP contribution is 2.52. The maximum Gasteiger partial charge on any atom is 0.226 e. The van der Waals surface area contributed by atoms with Gasteiger partial charge in [-0.15, -0.1) is 0 Å². The molecule has 26 heavy (non-hydrogen) atoms. The van der Waals surface area contributed by atoms with Gasteiger partial charge in [-0.1, -0.05) is 42.5 Å². The van der Waals surface area contributed by atoms with E-state index in [0.717, 1.165) is 30.5 Å². The average Bonchev–Trinajstić information content (AvgIpc) is 3.35. The SMILES string of the molecule is CS.NC1CCN(C(=O)C2CC2c2c(F)cccc2-c2ccccc2)C1. The third kappa shape index (κ3) is 3.79. The molecule has 3 unspecified atom stereocenters. The van der Waals surface area contributed by atoms with Crippen LogP contribution in [-0.2, 0) is 4.79 Å². The first-order valence-electron chi connectivity index (χ1n) is 8.98. The molecule has 1 aliphatic heterocycles. The van der Waals surface area contributed by atoms with Crippen molar-refractivity contribution in [1.82, 2.24) is 4.90 Å². The first-order chi connectivity index (χ1) is 12.6. The molecule has 1 amide bonds. The topological polar surface area (TPSA) is 46.3 Å². The molecule has 5 heteroatoms. The predicted molar refractivity (Wildman–Crippen MR) is 107 cm³/mol. The van der Waals surface area contributed by atoms with Crippen LogP contribution in [0.4, 0.5) is 4.39 Å². The number of likely N-dealkylation sites (tertiary alicyclic amines) is 1. The number of amides is 1. The molecule has 0 radical (unpaired) electrons.